The number of carboxylic acid groups (broad SMARTS) is 1. The molecule has 1 unspecified atom stereocenters. The summed E-state index contributed by atoms with van der Waals surface area (Å²) >= 11 is 6.01. The van der Waals surface area contributed by atoms with E-state index in [1.54, 1.807) is 24.3 Å². The van der Waals surface area contributed by atoms with Gasteiger partial charge >= 0.3 is 5.97 Å². The molecule has 0 fully saturated rings. The maximum atomic E-state index is 13.1. The molecule has 0 aromatic heterocycles. The van der Waals surface area contributed by atoms with Gasteiger partial charge in [0, 0.05) is 10.7 Å². The number of aliphatic carboxylic acids is 1. The fraction of sp³-hybridized carbons (Fsp3) is 0.133. The van der Waals surface area contributed by atoms with Gasteiger partial charge in [-0.3, -0.25) is 0 Å². The van der Waals surface area contributed by atoms with Gasteiger partial charge in [-0.1, -0.05) is 29.8 Å². The van der Waals surface area contributed by atoms with Crippen LogP contribution in [0.5, 0.6) is 0 Å². The van der Waals surface area contributed by atoms with Crippen LogP contribution >= 0.6 is 11.6 Å². The predicted octanol–water partition coefficient (Wildman–Crippen LogP) is 4.03. The molecule has 2 aromatic rings. The van der Waals surface area contributed by atoms with E-state index < -0.39 is 17.8 Å². The average molecular weight is 294 g/mol. The van der Waals surface area contributed by atoms with Crippen molar-refractivity contribution in [2.75, 3.05) is 5.32 Å². The molecule has 2 N–H and O–H groups in total. The predicted molar refractivity (Wildman–Crippen MR) is 76.6 cm³/mol. The molecule has 5 heteroatoms. The Morgan fingerprint density at radius 2 is 2.05 bits per heavy atom. The maximum absolute atomic E-state index is 13.1. The molecular formula is C15H13ClFNO2. The molecular weight excluding hydrogens is 281 g/mol. The zero-order valence-electron chi connectivity index (χ0n) is 10.7. The van der Waals surface area contributed by atoms with Crippen molar-refractivity contribution in [1.29, 1.82) is 0 Å². The molecule has 0 aliphatic carbocycles. The van der Waals surface area contributed by atoms with E-state index in [1.165, 1.54) is 18.2 Å². The molecule has 0 aliphatic heterocycles. The van der Waals surface area contributed by atoms with Gasteiger partial charge in [0.15, 0.2) is 6.04 Å². The van der Waals surface area contributed by atoms with Gasteiger partial charge in [-0.25, -0.2) is 9.18 Å². The van der Waals surface area contributed by atoms with Crippen LogP contribution in [0.25, 0.3) is 0 Å². The van der Waals surface area contributed by atoms with E-state index in [0.717, 1.165) is 5.56 Å². The van der Waals surface area contributed by atoms with Gasteiger partial charge in [0.05, 0.1) is 0 Å². The normalized spacial score (nSPS) is 11.9. The number of benzene rings is 2. The minimum Gasteiger partial charge on any atom is -0.479 e. The van der Waals surface area contributed by atoms with E-state index in [4.69, 9.17) is 11.6 Å². The van der Waals surface area contributed by atoms with Crippen molar-refractivity contribution in [2.45, 2.75) is 13.0 Å². The fourth-order valence-corrected chi connectivity index (χ4v) is 2.01. The number of rotatable bonds is 4. The number of anilines is 1. The van der Waals surface area contributed by atoms with Crippen LogP contribution in [-0.2, 0) is 4.79 Å². The first-order valence-corrected chi connectivity index (χ1v) is 6.36. The van der Waals surface area contributed by atoms with Crippen molar-refractivity contribution in [3.8, 4) is 0 Å². The molecule has 20 heavy (non-hydrogen) atoms. The lowest BCUT2D eigenvalue weighted by Gasteiger charge is -2.17. The Bertz CT molecular complexity index is 646. The number of carbonyl (C=O) groups is 1. The lowest BCUT2D eigenvalue weighted by atomic mass is 10.0. The van der Waals surface area contributed by atoms with E-state index in [0.29, 0.717) is 16.3 Å². The Labute approximate surface area is 121 Å². The number of hydrogen-bond acceptors (Lipinski definition) is 2. The topological polar surface area (TPSA) is 49.3 Å². The third-order valence-corrected chi connectivity index (χ3v) is 3.32. The van der Waals surface area contributed by atoms with Gasteiger partial charge < -0.3 is 10.4 Å². The second-order valence-corrected chi connectivity index (χ2v) is 4.84. The first kappa shape index (κ1) is 14.3. The standard InChI is InChI=1S/C15H13ClFNO2/c1-9-5-6-10(7-13(9)16)14(15(19)20)18-12-4-2-3-11(17)8-12/h2-8,14,18H,1H3,(H,19,20). The van der Waals surface area contributed by atoms with Crippen LogP contribution in [-0.4, -0.2) is 11.1 Å². The first-order valence-electron chi connectivity index (χ1n) is 5.98. The first-order chi connectivity index (χ1) is 9.47. The Hall–Kier alpha value is -2.07. The molecule has 104 valence electrons. The molecule has 0 aliphatic rings. The molecule has 0 bridgehead atoms. The largest absolute Gasteiger partial charge is 0.479 e. The molecule has 1 atom stereocenters. The minimum atomic E-state index is -1.06. The Morgan fingerprint density at radius 3 is 2.65 bits per heavy atom. The highest BCUT2D eigenvalue weighted by Crippen LogP contribution is 2.25. The lowest BCUT2D eigenvalue weighted by molar-refractivity contribution is -0.138. The molecule has 2 aromatic carbocycles. The summed E-state index contributed by atoms with van der Waals surface area (Å²) in [5.41, 5.74) is 1.77. The lowest BCUT2D eigenvalue weighted by Crippen LogP contribution is -2.20. The summed E-state index contributed by atoms with van der Waals surface area (Å²) in [5, 5.41) is 12.6. The van der Waals surface area contributed by atoms with Crippen molar-refractivity contribution in [2.24, 2.45) is 0 Å². The van der Waals surface area contributed by atoms with Gasteiger partial charge in [0.2, 0.25) is 0 Å². The van der Waals surface area contributed by atoms with Crippen LogP contribution in [0.2, 0.25) is 5.02 Å². The second-order valence-electron chi connectivity index (χ2n) is 4.43. The summed E-state index contributed by atoms with van der Waals surface area (Å²) in [4.78, 5) is 11.4. The molecule has 0 saturated heterocycles. The van der Waals surface area contributed by atoms with Crippen LogP contribution in [0.1, 0.15) is 17.2 Å². The zero-order valence-corrected chi connectivity index (χ0v) is 11.5. The molecule has 0 radical (unpaired) electrons. The van der Waals surface area contributed by atoms with Gasteiger partial charge in [0.25, 0.3) is 0 Å². The third kappa shape index (κ3) is 3.27. The van der Waals surface area contributed by atoms with Crippen LogP contribution in [0, 0.1) is 12.7 Å². The highest BCUT2D eigenvalue weighted by atomic mass is 35.5. The van der Waals surface area contributed by atoms with Crippen molar-refractivity contribution in [1.82, 2.24) is 0 Å². The van der Waals surface area contributed by atoms with Crippen LogP contribution in [0.4, 0.5) is 10.1 Å². The second kappa shape index (κ2) is 5.92. The average Bonchev–Trinajstić information content (AvgIpc) is 2.39. The van der Waals surface area contributed by atoms with E-state index in [9.17, 15) is 14.3 Å². The van der Waals surface area contributed by atoms with E-state index >= 15 is 0 Å². The van der Waals surface area contributed by atoms with E-state index in [1.807, 2.05) is 6.92 Å². The molecule has 3 nitrogen and oxygen atoms in total. The third-order valence-electron chi connectivity index (χ3n) is 2.91. The summed E-state index contributed by atoms with van der Waals surface area (Å²) in [6, 6.07) is 9.70. The smallest absolute Gasteiger partial charge is 0.330 e. The minimum absolute atomic E-state index is 0.397. The van der Waals surface area contributed by atoms with E-state index in [2.05, 4.69) is 5.32 Å². The number of halogens is 2. The number of aryl methyl sites for hydroxylation is 1. The van der Waals surface area contributed by atoms with Gasteiger partial charge in [-0.05, 0) is 42.3 Å². The van der Waals surface area contributed by atoms with Crippen molar-refractivity contribution in [3.05, 3.63) is 64.4 Å². The highest BCUT2D eigenvalue weighted by Gasteiger charge is 2.20. The summed E-state index contributed by atoms with van der Waals surface area (Å²) < 4.78 is 13.1. The Morgan fingerprint density at radius 1 is 1.30 bits per heavy atom. The van der Waals surface area contributed by atoms with Crippen LogP contribution < -0.4 is 5.32 Å². The molecule has 0 amide bonds. The molecule has 2 rings (SSSR count). The molecule has 0 heterocycles. The van der Waals surface area contributed by atoms with Crippen molar-refractivity contribution >= 4 is 23.3 Å². The summed E-state index contributed by atoms with van der Waals surface area (Å²) in [5.74, 6) is -1.49. The van der Waals surface area contributed by atoms with Gasteiger partial charge in [-0.2, -0.15) is 0 Å². The van der Waals surface area contributed by atoms with Crippen molar-refractivity contribution < 1.29 is 14.3 Å². The fourth-order valence-electron chi connectivity index (χ4n) is 1.82. The summed E-state index contributed by atoms with van der Waals surface area (Å²) in [6.45, 7) is 1.84. The summed E-state index contributed by atoms with van der Waals surface area (Å²) in [6.07, 6.45) is 0. The van der Waals surface area contributed by atoms with Gasteiger partial charge in [-0.15, -0.1) is 0 Å². The molecule has 0 spiro atoms. The SMILES string of the molecule is Cc1ccc(C(Nc2cccc(F)c2)C(=O)O)cc1Cl. The number of carboxylic acids is 1. The maximum Gasteiger partial charge on any atom is 0.330 e. The molecule has 0 saturated carbocycles. The quantitative estimate of drug-likeness (QED) is 0.895. The Balaban J connectivity index is 2.32. The Kier molecular flexibility index (Phi) is 4.25. The number of hydrogen-bond donors (Lipinski definition) is 2. The monoisotopic (exact) mass is 293 g/mol. The van der Waals surface area contributed by atoms with Gasteiger partial charge in [0.1, 0.15) is 5.82 Å². The summed E-state index contributed by atoms with van der Waals surface area (Å²) in [7, 11) is 0. The van der Waals surface area contributed by atoms with Crippen LogP contribution in [0.3, 0.4) is 0 Å². The highest BCUT2D eigenvalue weighted by molar-refractivity contribution is 6.31. The van der Waals surface area contributed by atoms with E-state index in [-0.39, 0.29) is 0 Å². The van der Waals surface area contributed by atoms with Crippen LogP contribution in [0.15, 0.2) is 42.5 Å². The number of nitrogens with one attached hydrogen (secondary N) is 1. The zero-order chi connectivity index (χ0) is 14.7. The van der Waals surface area contributed by atoms with Crippen molar-refractivity contribution in [3.63, 3.8) is 0 Å².